The first-order valence-electron chi connectivity index (χ1n) is 10.1. The molecular formula is C19H44N2O3. The van der Waals surface area contributed by atoms with Crippen molar-refractivity contribution in [3.8, 4) is 0 Å². The summed E-state index contributed by atoms with van der Waals surface area (Å²) < 4.78 is 0. The molecule has 24 heavy (non-hydrogen) atoms. The Kier molecular flexibility index (Phi) is 11.9. The van der Waals surface area contributed by atoms with Gasteiger partial charge in [-0.3, -0.25) is 10.5 Å². The molecule has 2 saturated heterocycles. The molecular weight excluding hydrogens is 304 g/mol. The summed E-state index contributed by atoms with van der Waals surface area (Å²) in [5.41, 5.74) is 0. The van der Waals surface area contributed by atoms with Crippen molar-refractivity contribution in [1.82, 2.24) is 10.2 Å². The summed E-state index contributed by atoms with van der Waals surface area (Å²) in [6.07, 6.45) is 10.9. The standard InChI is InChI=1S/C12H21N.C5H11NO.C2H6.H2O2.2H2/c1-2-4-10(5-3-1)7-13-8-11-6-12(11)9-13;7-5-1-3-6-4-2-5;2*1-2;;/h10-12H,1-9H2;5-7H,1-4H2;1-2H3;1-2H;2*1H. The minimum absolute atomic E-state index is 0. The van der Waals surface area contributed by atoms with Crippen molar-refractivity contribution < 1.29 is 18.5 Å². The Morgan fingerprint density at radius 2 is 1.46 bits per heavy atom. The SMILES string of the molecule is C1CCC(CN2CC3CC3C2)CC1.CC.OC1CCNCC1.OO.[HH].[HH]. The number of aliphatic hydroxyl groups is 1. The van der Waals surface area contributed by atoms with Gasteiger partial charge in [0.15, 0.2) is 0 Å². The fraction of sp³-hybridized carbons (Fsp3) is 1.00. The molecule has 2 saturated carbocycles. The van der Waals surface area contributed by atoms with Crippen molar-refractivity contribution in [2.45, 2.75) is 71.3 Å². The van der Waals surface area contributed by atoms with E-state index in [1.165, 1.54) is 51.7 Å². The van der Waals surface area contributed by atoms with Crippen LogP contribution in [0.15, 0.2) is 0 Å². The minimum Gasteiger partial charge on any atom is -0.393 e. The first-order valence-corrected chi connectivity index (χ1v) is 10.1. The summed E-state index contributed by atoms with van der Waals surface area (Å²) in [4.78, 5) is 2.74. The molecule has 2 heterocycles. The quantitative estimate of drug-likeness (QED) is 0.451. The van der Waals surface area contributed by atoms with E-state index in [1.807, 2.05) is 13.8 Å². The number of aliphatic hydroxyl groups excluding tert-OH is 1. The van der Waals surface area contributed by atoms with Crippen molar-refractivity contribution in [2.75, 3.05) is 32.7 Å². The second-order valence-corrected chi connectivity index (χ2v) is 7.46. The van der Waals surface area contributed by atoms with Gasteiger partial charge in [-0.05, 0) is 62.9 Å². The predicted molar refractivity (Wildman–Crippen MR) is 104 cm³/mol. The summed E-state index contributed by atoms with van der Waals surface area (Å²) in [7, 11) is 0. The third-order valence-corrected chi connectivity index (χ3v) is 5.60. The maximum Gasteiger partial charge on any atom is 0.0564 e. The van der Waals surface area contributed by atoms with Gasteiger partial charge >= 0.3 is 0 Å². The van der Waals surface area contributed by atoms with Gasteiger partial charge < -0.3 is 15.3 Å². The van der Waals surface area contributed by atoms with E-state index in [9.17, 15) is 0 Å². The molecule has 2 aliphatic carbocycles. The molecule has 2 atom stereocenters. The lowest BCUT2D eigenvalue weighted by Gasteiger charge is -2.27. The lowest BCUT2D eigenvalue weighted by molar-refractivity contribution is -0.176. The van der Waals surface area contributed by atoms with Crippen LogP contribution in [0.2, 0.25) is 0 Å². The molecule has 0 radical (unpaired) electrons. The van der Waals surface area contributed by atoms with Gasteiger partial charge in [0, 0.05) is 22.5 Å². The van der Waals surface area contributed by atoms with Gasteiger partial charge in [-0.1, -0.05) is 33.1 Å². The third kappa shape index (κ3) is 8.26. The van der Waals surface area contributed by atoms with E-state index in [-0.39, 0.29) is 8.96 Å². The molecule has 0 aromatic carbocycles. The zero-order valence-corrected chi connectivity index (χ0v) is 15.8. The zero-order chi connectivity index (χ0) is 17.8. The van der Waals surface area contributed by atoms with Crippen LogP contribution in [0.1, 0.15) is 68.1 Å². The minimum atomic E-state index is -0.0266. The third-order valence-electron chi connectivity index (χ3n) is 5.60. The maximum absolute atomic E-state index is 8.87. The Hall–Kier alpha value is -0.200. The van der Waals surface area contributed by atoms with Crippen LogP contribution < -0.4 is 5.32 Å². The monoisotopic (exact) mass is 348 g/mol. The average molecular weight is 349 g/mol. The van der Waals surface area contributed by atoms with Crippen LogP contribution in [0.4, 0.5) is 0 Å². The first-order chi connectivity index (χ1) is 11.8. The number of rotatable bonds is 2. The summed E-state index contributed by atoms with van der Waals surface area (Å²) in [5.74, 6) is 3.32. The van der Waals surface area contributed by atoms with Gasteiger partial charge in [-0.15, -0.1) is 0 Å². The van der Waals surface area contributed by atoms with E-state index in [4.69, 9.17) is 15.6 Å². The number of hydrogen-bond donors (Lipinski definition) is 4. The smallest absolute Gasteiger partial charge is 0.0564 e. The molecule has 0 bridgehead atoms. The first kappa shape index (κ1) is 21.8. The van der Waals surface area contributed by atoms with Crippen LogP contribution in [0.3, 0.4) is 0 Å². The highest BCUT2D eigenvalue weighted by atomic mass is 17.0. The van der Waals surface area contributed by atoms with E-state index < -0.39 is 0 Å². The molecule has 2 aliphatic heterocycles. The van der Waals surface area contributed by atoms with Gasteiger partial charge in [0.1, 0.15) is 0 Å². The van der Waals surface area contributed by atoms with Gasteiger partial charge in [0.2, 0.25) is 0 Å². The molecule has 0 aromatic heterocycles. The lowest BCUT2D eigenvalue weighted by atomic mass is 9.89. The molecule has 4 fully saturated rings. The molecule has 0 amide bonds. The van der Waals surface area contributed by atoms with E-state index in [2.05, 4.69) is 10.2 Å². The van der Waals surface area contributed by atoms with Crippen LogP contribution >= 0.6 is 0 Å². The number of nitrogens with zero attached hydrogens (tertiary/aromatic N) is 1. The number of nitrogens with one attached hydrogen (secondary N) is 1. The van der Waals surface area contributed by atoms with E-state index in [0.29, 0.717) is 0 Å². The highest BCUT2D eigenvalue weighted by Gasteiger charge is 2.45. The van der Waals surface area contributed by atoms with Crippen LogP contribution in [-0.4, -0.2) is 59.3 Å². The van der Waals surface area contributed by atoms with Crippen molar-refractivity contribution in [3.05, 3.63) is 0 Å². The van der Waals surface area contributed by atoms with Crippen LogP contribution in [-0.2, 0) is 0 Å². The van der Waals surface area contributed by atoms with Crippen molar-refractivity contribution in [3.63, 3.8) is 0 Å². The van der Waals surface area contributed by atoms with Crippen LogP contribution in [0, 0.1) is 17.8 Å². The Bertz CT molecular complexity index is 293. The van der Waals surface area contributed by atoms with Crippen molar-refractivity contribution >= 4 is 0 Å². The van der Waals surface area contributed by atoms with Crippen LogP contribution in [0.25, 0.3) is 0 Å². The van der Waals surface area contributed by atoms with Gasteiger partial charge in [0.05, 0.1) is 6.10 Å². The van der Waals surface area contributed by atoms with E-state index in [1.54, 1.807) is 6.42 Å². The Balaban J connectivity index is 0. The number of fused-ring (bicyclic) bond motifs is 1. The lowest BCUT2D eigenvalue weighted by Crippen LogP contribution is -2.30. The number of piperidine rings is 2. The summed E-state index contributed by atoms with van der Waals surface area (Å²) >= 11 is 0. The van der Waals surface area contributed by atoms with E-state index in [0.717, 1.165) is 43.7 Å². The highest BCUT2D eigenvalue weighted by molar-refractivity contribution is 4.97. The Morgan fingerprint density at radius 3 is 1.92 bits per heavy atom. The molecule has 4 N–H and O–H groups in total. The molecule has 4 aliphatic rings. The molecule has 5 nitrogen and oxygen atoms in total. The highest BCUT2D eigenvalue weighted by Crippen LogP contribution is 2.45. The molecule has 4 rings (SSSR count). The summed E-state index contributed by atoms with van der Waals surface area (Å²) in [6, 6.07) is 0. The largest absolute Gasteiger partial charge is 0.393 e. The van der Waals surface area contributed by atoms with Gasteiger partial charge in [-0.25, -0.2) is 0 Å². The molecule has 148 valence electrons. The molecule has 0 aromatic rings. The van der Waals surface area contributed by atoms with Crippen LogP contribution in [0.5, 0.6) is 0 Å². The summed E-state index contributed by atoms with van der Waals surface area (Å²) in [5, 5.41) is 24.0. The Labute approximate surface area is 151 Å². The van der Waals surface area contributed by atoms with Gasteiger partial charge in [0.25, 0.3) is 0 Å². The number of likely N-dealkylation sites (tertiary alicyclic amines) is 1. The maximum atomic E-state index is 8.87. The second kappa shape index (κ2) is 13.1. The predicted octanol–water partition coefficient (Wildman–Crippen LogP) is 3.78. The fourth-order valence-electron chi connectivity index (χ4n) is 4.19. The fourth-order valence-corrected chi connectivity index (χ4v) is 4.19. The normalized spacial score (nSPS) is 29.9. The van der Waals surface area contributed by atoms with Crippen molar-refractivity contribution in [1.29, 1.82) is 0 Å². The molecule has 5 heteroatoms. The zero-order valence-electron chi connectivity index (χ0n) is 15.8. The second-order valence-electron chi connectivity index (χ2n) is 7.46. The van der Waals surface area contributed by atoms with E-state index >= 15 is 0 Å². The van der Waals surface area contributed by atoms with Gasteiger partial charge in [-0.2, -0.15) is 0 Å². The molecule has 0 spiro atoms. The molecule has 2 unspecified atom stereocenters. The number of hydrogen-bond acceptors (Lipinski definition) is 5. The summed E-state index contributed by atoms with van der Waals surface area (Å²) in [6.45, 7) is 10.3. The Morgan fingerprint density at radius 1 is 0.917 bits per heavy atom. The van der Waals surface area contributed by atoms with Crippen molar-refractivity contribution in [2.24, 2.45) is 17.8 Å². The topological polar surface area (TPSA) is 76.0 Å². The average Bonchev–Trinajstić information content (AvgIpc) is 3.27.